The molecular formula is C16H30F6PSb+4. The Morgan fingerprint density at radius 3 is 1.33 bits per heavy atom. The molecule has 0 aromatic carbocycles. The predicted octanol–water partition coefficient (Wildman–Crippen LogP) is 6.91. The molecule has 0 aromatic rings. The maximum Gasteiger partial charge on any atom is 3.00 e. The van der Waals surface area contributed by atoms with E-state index in [9.17, 15) is 26.3 Å². The Hall–Kier alpha value is 0.828. The van der Waals surface area contributed by atoms with Crippen molar-refractivity contribution in [1.82, 2.24) is 0 Å². The minimum absolute atomic E-state index is 0. The van der Waals surface area contributed by atoms with Crippen molar-refractivity contribution in [2.24, 2.45) is 0 Å². The summed E-state index contributed by atoms with van der Waals surface area (Å²) in [5.74, 6) is 0. The monoisotopic (exact) mass is 488 g/mol. The molecule has 0 heterocycles. The molecule has 0 aliphatic rings. The van der Waals surface area contributed by atoms with Crippen molar-refractivity contribution in [2.75, 3.05) is 18.5 Å². The van der Waals surface area contributed by atoms with Crippen LogP contribution in [0.15, 0.2) is 0 Å². The van der Waals surface area contributed by atoms with Crippen LogP contribution in [0.3, 0.4) is 0 Å². The Kier molecular flexibility index (Phi) is 13.8. The van der Waals surface area contributed by atoms with Crippen LogP contribution in [0.4, 0.5) is 26.3 Å². The quantitative estimate of drug-likeness (QED) is 0.159. The summed E-state index contributed by atoms with van der Waals surface area (Å²) in [5, 5.41) is 0. The maximum absolute atomic E-state index is 14.8. The number of rotatable bonds is 12. The average molecular weight is 489 g/mol. The summed E-state index contributed by atoms with van der Waals surface area (Å²) in [4.78, 5) is 0. The molecule has 24 heavy (non-hydrogen) atoms. The maximum atomic E-state index is 14.8. The van der Waals surface area contributed by atoms with Gasteiger partial charge >= 0.3 is 36.3 Å². The van der Waals surface area contributed by atoms with Gasteiger partial charge in [0.1, 0.15) is 0 Å². The molecule has 0 nitrogen and oxygen atoms in total. The Morgan fingerprint density at radius 2 is 1.08 bits per heavy atom. The minimum atomic E-state index is -4.90. The van der Waals surface area contributed by atoms with Gasteiger partial charge in [-0.3, -0.25) is 0 Å². The SMILES string of the molecule is CCCC[P+](CCCC)(CCCC)C(F)(F)C(F)CC(F)(F)F.[Sb+3]. The molecule has 8 heteroatoms. The van der Waals surface area contributed by atoms with Crippen molar-refractivity contribution < 1.29 is 26.3 Å². The first-order chi connectivity index (χ1) is 10.6. The van der Waals surface area contributed by atoms with Crippen LogP contribution in [0.1, 0.15) is 65.7 Å². The second-order valence-electron chi connectivity index (χ2n) is 6.25. The van der Waals surface area contributed by atoms with Gasteiger partial charge in [-0.15, -0.1) is 0 Å². The van der Waals surface area contributed by atoms with Crippen LogP contribution in [0, 0.1) is 0 Å². The number of unbranched alkanes of at least 4 members (excludes halogenated alkanes) is 3. The molecule has 1 unspecified atom stereocenters. The van der Waals surface area contributed by atoms with E-state index in [1.165, 1.54) is 0 Å². The molecule has 0 saturated heterocycles. The van der Waals surface area contributed by atoms with Crippen LogP contribution in [-0.4, -0.2) is 60.9 Å². The topological polar surface area (TPSA) is 0 Å². The van der Waals surface area contributed by atoms with Crippen molar-refractivity contribution in [3.05, 3.63) is 0 Å². The van der Waals surface area contributed by atoms with Gasteiger partial charge in [-0.25, -0.2) is 4.39 Å². The molecular weight excluding hydrogens is 459 g/mol. The number of hydrogen-bond donors (Lipinski definition) is 0. The standard InChI is InChI=1S/C16H30F6P.Sb/c1-4-7-10-23(11-8-5-2,12-9-6-3)16(21,22)14(17)13-15(18,19)20;/h14H,4-13H2,1-3H3;/q+1;+3. The fourth-order valence-electron chi connectivity index (χ4n) is 2.79. The van der Waals surface area contributed by atoms with E-state index in [1.807, 2.05) is 20.8 Å². The Balaban J connectivity index is 0. The van der Waals surface area contributed by atoms with Crippen LogP contribution in [-0.2, 0) is 0 Å². The van der Waals surface area contributed by atoms with Gasteiger partial charge in [0.25, 0.3) is 0 Å². The minimum Gasteiger partial charge on any atom is -0.236 e. The molecule has 0 bridgehead atoms. The van der Waals surface area contributed by atoms with Gasteiger partial charge in [0.2, 0.25) is 6.17 Å². The van der Waals surface area contributed by atoms with Crippen molar-refractivity contribution in [1.29, 1.82) is 0 Å². The van der Waals surface area contributed by atoms with E-state index in [4.69, 9.17) is 0 Å². The number of halogens is 6. The van der Waals surface area contributed by atoms with Gasteiger partial charge in [0, 0.05) is 0 Å². The van der Waals surface area contributed by atoms with E-state index in [-0.39, 0.29) is 42.9 Å². The van der Waals surface area contributed by atoms with Gasteiger partial charge in [-0.05, 0) is 19.3 Å². The predicted molar refractivity (Wildman–Crippen MR) is 92.5 cm³/mol. The summed E-state index contributed by atoms with van der Waals surface area (Å²) in [5.41, 5.74) is -3.85. The Bertz CT molecular complexity index is 300. The van der Waals surface area contributed by atoms with E-state index in [0.29, 0.717) is 38.5 Å². The van der Waals surface area contributed by atoms with Gasteiger partial charge in [0.15, 0.2) is 0 Å². The van der Waals surface area contributed by atoms with Gasteiger partial charge < -0.3 is 0 Å². The molecule has 1 atom stereocenters. The molecule has 0 amide bonds. The van der Waals surface area contributed by atoms with E-state index in [1.54, 1.807) is 0 Å². The first-order valence-electron chi connectivity index (χ1n) is 8.51. The molecule has 0 fully saturated rings. The third kappa shape index (κ3) is 8.47. The fraction of sp³-hybridized carbons (Fsp3) is 1.00. The fourth-order valence-corrected chi connectivity index (χ4v) is 7.80. The zero-order chi connectivity index (χ0) is 18.1. The molecule has 0 aliphatic heterocycles. The summed E-state index contributed by atoms with van der Waals surface area (Å²) in [7, 11) is -3.10. The van der Waals surface area contributed by atoms with Crippen molar-refractivity contribution in [3.63, 3.8) is 0 Å². The van der Waals surface area contributed by atoms with Gasteiger partial charge in [-0.2, -0.15) is 22.0 Å². The molecule has 0 rings (SSSR count). The molecule has 0 spiro atoms. The first kappa shape index (κ1) is 27.1. The van der Waals surface area contributed by atoms with Crippen molar-refractivity contribution >= 4 is 31.7 Å². The average Bonchev–Trinajstić information content (AvgIpc) is 2.44. The normalized spacial score (nSPS) is 14.4. The van der Waals surface area contributed by atoms with Crippen molar-refractivity contribution in [2.45, 2.75) is 83.7 Å². The van der Waals surface area contributed by atoms with E-state index in [0.717, 1.165) is 0 Å². The third-order valence-corrected chi connectivity index (χ3v) is 9.30. The Labute approximate surface area is 160 Å². The van der Waals surface area contributed by atoms with Crippen LogP contribution in [0.2, 0.25) is 0 Å². The number of alkyl halides is 6. The second-order valence-corrected chi connectivity index (χ2v) is 10.5. The van der Waals surface area contributed by atoms with Gasteiger partial charge in [0.05, 0.1) is 32.2 Å². The molecule has 0 aromatic heterocycles. The summed E-state index contributed by atoms with van der Waals surface area (Å²) in [6.07, 6.45) is -5.88. The molecule has 0 N–H and O–H groups in total. The van der Waals surface area contributed by atoms with Crippen LogP contribution >= 0.6 is 7.26 Å². The molecule has 142 valence electrons. The van der Waals surface area contributed by atoms with Crippen molar-refractivity contribution in [3.8, 4) is 0 Å². The van der Waals surface area contributed by atoms with Crippen LogP contribution in [0.25, 0.3) is 0 Å². The van der Waals surface area contributed by atoms with E-state index >= 15 is 0 Å². The number of hydrogen-bond acceptors (Lipinski definition) is 0. The first-order valence-corrected chi connectivity index (χ1v) is 10.9. The summed E-state index contributed by atoms with van der Waals surface area (Å²) >= 11 is 0. The molecule has 0 saturated carbocycles. The largest absolute Gasteiger partial charge is 3.00 e. The summed E-state index contributed by atoms with van der Waals surface area (Å²) in [6, 6.07) is 0. The third-order valence-electron chi connectivity index (χ3n) is 4.24. The summed E-state index contributed by atoms with van der Waals surface area (Å²) < 4.78 is 80.9. The van der Waals surface area contributed by atoms with Gasteiger partial charge in [-0.1, -0.05) is 40.0 Å². The zero-order valence-electron chi connectivity index (χ0n) is 14.8. The van der Waals surface area contributed by atoms with E-state index in [2.05, 4.69) is 0 Å². The zero-order valence-corrected chi connectivity index (χ0v) is 18.3. The smallest absolute Gasteiger partial charge is 0.236 e. The van der Waals surface area contributed by atoms with E-state index < -0.39 is 31.7 Å². The Morgan fingerprint density at radius 1 is 0.750 bits per heavy atom. The van der Waals surface area contributed by atoms with Crippen LogP contribution in [0.5, 0.6) is 0 Å². The second kappa shape index (κ2) is 12.3. The molecule has 2 radical (unpaired) electrons. The molecule has 0 aliphatic carbocycles. The summed E-state index contributed by atoms with van der Waals surface area (Å²) in [6.45, 7) is 5.57. The van der Waals surface area contributed by atoms with Crippen LogP contribution < -0.4 is 0 Å².